The van der Waals surface area contributed by atoms with Crippen LogP contribution in [0.25, 0.3) is 0 Å². The average Bonchev–Trinajstić information content (AvgIpc) is 3.30. The van der Waals surface area contributed by atoms with Crippen LogP contribution in [-0.2, 0) is 32.2 Å². The second kappa shape index (κ2) is 8.08. The van der Waals surface area contributed by atoms with Crippen LogP contribution in [0, 0.1) is 5.92 Å². The molecule has 1 aliphatic carbocycles. The Bertz CT molecular complexity index is 1230. The van der Waals surface area contributed by atoms with Crippen LogP contribution in [0.5, 0.6) is 0 Å². The normalized spacial score (nSPS) is 20.2. The van der Waals surface area contributed by atoms with Crippen LogP contribution in [-0.4, -0.2) is 37.8 Å². The standard InChI is InChI=1S/C24H27N3O4S/c1-14-10-19-24(25-14)20(12-17(26-19)13-21(28)15-5-6-15)27-18-8-7-16(22-4-3-9-31-22)11-23(18)32(2,29)30/h7-8,11-12,15,22H,3-6,9-10,13H2,1-2H3,(H,26,27). The molecule has 1 unspecified atom stereocenters. The molecule has 0 spiro atoms. The maximum atomic E-state index is 12.6. The van der Waals surface area contributed by atoms with E-state index in [9.17, 15) is 13.2 Å². The van der Waals surface area contributed by atoms with Gasteiger partial charge in [-0.2, -0.15) is 0 Å². The average molecular weight is 454 g/mol. The molecular weight excluding hydrogens is 426 g/mol. The van der Waals surface area contributed by atoms with Gasteiger partial charge >= 0.3 is 0 Å². The Morgan fingerprint density at radius 3 is 2.69 bits per heavy atom. The number of carbonyl (C=O) groups excluding carboxylic acids is 1. The summed E-state index contributed by atoms with van der Waals surface area (Å²) in [7, 11) is -3.49. The lowest BCUT2D eigenvalue weighted by Gasteiger charge is -2.17. The molecule has 2 aliphatic heterocycles. The Balaban J connectivity index is 1.52. The molecule has 1 aromatic heterocycles. The number of hydrogen-bond acceptors (Lipinski definition) is 7. The molecule has 1 atom stereocenters. The number of Topliss-reactive ketones (excluding diaryl/α,β-unsaturated/α-hetero) is 1. The highest BCUT2D eigenvalue weighted by atomic mass is 32.2. The number of ether oxygens (including phenoxy) is 1. The van der Waals surface area contributed by atoms with Crippen molar-refractivity contribution in [1.82, 2.24) is 4.98 Å². The summed E-state index contributed by atoms with van der Waals surface area (Å²) >= 11 is 0. The summed E-state index contributed by atoms with van der Waals surface area (Å²) in [6.07, 6.45) is 5.86. The van der Waals surface area contributed by atoms with Gasteiger partial charge in [-0.15, -0.1) is 0 Å². The van der Waals surface area contributed by atoms with E-state index in [1.54, 1.807) is 12.1 Å². The van der Waals surface area contributed by atoms with Gasteiger partial charge in [0.05, 0.1) is 33.8 Å². The SMILES string of the molecule is CC1=Nc2c(Nc3ccc(C4CCCO4)cc3S(C)(=O)=O)cc(CC(=O)C3CC3)nc2C1. The first-order chi connectivity index (χ1) is 15.3. The molecule has 0 radical (unpaired) electrons. The number of benzene rings is 1. The molecular formula is C24H27N3O4S. The van der Waals surface area contributed by atoms with Crippen molar-refractivity contribution in [3.8, 4) is 0 Å². The summed E-state index contributed by atoms with van der Waals surface area (Å²) in [5.41, 5.74) is 5.22. The highest BCUT2D eigenvalue weighted by Gasteiger charge is 2.30. The van der Waals surface area contributed by atoms with Gasteiger partial charge in [0, 0.05) is 37.3 Å². The van der Waals surface area contributed by atoms with Crippen molar-refractivity contribution in [1.29, 1.82) is 0 Å². The van der Waals surface area contributed by atoms with Gasteiger partial charge in [0.15, 0.2) is 9.84 Å². The molecule has 1 aromatic carbocycles. The zero-order valence-electron chi connectivity index (χ0n) is 18.3. The first kappa shape index (κ1) is 21.3. The summed E-state index contributed by atoms with van der Waals surface area (Å²) in [5, 5.41) is 3.30. The van der Waals surface area contributed by atoms with Gasteiger partial charge in [0.2, 0.25) is 0 Å². The Kier molecular flexibility index (Phi) is 5.37. The number of nitrogens with one attached hydrogen (secondary N) is 1. The topological polar surface area (TPSA) is 97.7 Å². The number of aliphatic imine (C=N–C) groups is 1. The largest absolute Gasteiger partial charge is 0.374 e. The minimum absolute atomic E-state index is 0.0676. The summed E-state index contributed by atoms with van der Waals surface area (Å²) in [6, 6.07) is 7.25. The Morgan fingerprint density at radius 2 is 2.00 bits per heavy atom. The third kappa shape index (κ3) is 4.34. The van der Waals surface area contributed by atoms with Crippen molar-refractivity contribution in [3.05, 3.63) is 41.2 Å². The number of anilines is 2. The molecule has 1 saturated carbocycles. The lowest BCUT2D eigenvalue weighted by molar-refractivity contribution is -0.119. The second-order valence-electron chi connectivity index (χ2n) is 9.05. The second-order valence-corrected chi connectivity index (χ2v) is 11.0. The van der Waals surface area contributed by atoms with Crippen molar-refractivity contribution >= 4 is 38.4 Å². The highest BCUT2D eigenvalue weighted by Crippen LogP contribution is 2.39. The molecule has 2 aromatic rings. The van der Waals surface area contributed by atoms with Gasteiger partial charge in [0.1, 0.15) is 11.5 Å². The van der Waals surface area contributed by atoms with Crippen LogP contribution in [0.15, 0.2) is 34.2 Å². The number of aromatic nitrogens is 1. The minimum atomic E-state index is -3.49. The summed E-state index contributed by atoms with van der Waals surface area (Å²) in [4.78, 5) is 21.9. The van der Waals surface area contributed by atoms with Gasteiger partial charge in [-0.1, -0.05) is 6.07 Å². The maximum Gasteiger partial charge on any atom is 0.177 e. The monoisotopic (exact) mass is 453 g/mol. The van der Waals surface area contributed by atoms with E-state index in [2.05, 4.69) is 15.3 Å². The number of fused-ring (bicyclic) bond motifs is 1. The van der Waals surface area contributed by atoms with Crippen LogP contribution in [0.2, 0.25) is 0 Å². The molecule has 0 bridgehead atoms. The third-order valence-electron chi connectivity index (χ3n) is 6.21. The zero-order valence-corrected chi connectivity index (χ0v) is 19.2. The van der Waals surface area contributed by atoms with Gasteiger partial charge in [-0.3, -0.25) is 14.8 Å². The molecule has 1 N–H and O–H groups in total. The van der Waals surface area contributed by atoms with E-state index in [1.165, 1.54) is 6.26 Å². The van der Waals surface area contributed by atoms with Crippen molar-refractivity contribution < 1.29 is 17.9 Å². The van der Waals surface area contributed by atoms with Gasteiger partial charge in [-0.25, -0.2) is 8.42 Å². The van der Waals surface area contributed by atoms with Crippen molar-refractivity contribution in [3.63, 3.8) is 0 Å². The van der Waals surface area contributed by atoms with E-state index in [0.29, 0.717) is 42.2 Å². The van der Waals surface area contributed by atoms with Crippen LogP contribution in [0.4, 0.5) is 17.1 Å². The number of pyridine rings is 1. The molecule has 7 nitrogen and oxygen atoms in total. The van der Waals surface area contributed by atoms with Crippen molar-refractivity contribution in [2.45, 2.75) is 56.4 Å². The Morgan fingerprint density at radius 1 is 1.19 bits per heavy atom. The molecule has 1 saturated heterocycles. The number of sulfone groups is 1. The summed E-state index contributed by atoms with van der Waals surface area (Å²) in [5.74, 6) is 0.387. The molecule has 168 valence electrons. The van der Waals surface area contributed by atoms with Gasteiger partial charge < -0.3 is 10.1 Å². The quantitative estimate of drug-likeness (QED) is 0.673. The fourth-order valence-corrected chi connectivity index (χ4v) is 5.29. The summed E-state index contributed by atoms with van der Waals surface area (Å²) in [6.45, 7) is 2.64. The Hall–Kier alpha value is -2.58. The lowest BCUT2D eigenvalue weighted by atomic mass is 10.1. The molecule has 3 heterocycles. The number of nitrogens with zero attached hydrogens (tertiary/aromatic N) is 2. The van der Waals surface area contributed by atoms with Crippen molar-refractivity contribution in [2.24, 2.45) is 10.9 Å². The lowest BCUT2D eigenvalue weighted by Crippen LogP contribution is -2.09. The van der Waals surface area contributed by atoms with E-state index in [0.717, 1.165) is 42.7 Å². The Labute approximate surface area is 188 Å². The number of ketones is 1. The van der Waals surface area contributed by atoms with E-state index in [1.807, 2.05) is 19.1 Å². The molecule has 3 aliphatic rings. The van der Waals surface area contributed by atoms with E-state index in [-0.39, 0.29) is 22.7 Å². The molecule has 8 heteroatoms. The molecule has 0 amide bonds. The number of carbonyl (C=O) groups is 1. The first-order valence-corrected chi connectivity index (χ1v) is 13.0. The number of rotatable bonds is 7. The third-order valence-corrected chi connectivity index (χ3v) is 7.34. The summed E-state index contributed by atoms with van der Waals surface area (Å²) < 4.78 is 31.0. The van der Waals surface area contributed by atoms with E-state index >= 15 is 0 Å². The van der Waals surface area contributed by atoms with Gasteiger partial charge in [0.25, 0.3) is 0 Å². The van der Waals surface area contributed by atoms with Crippen LogP contribution in [0.3, 0.4) is 0 Å². The van der Waals surface area contributed by atoms with Crippen LogP contribution < -0.4 is 5.32 Å². The predicted octanol–water partition coefficient (Wildman–Crippen LogP) is 4.25. The van der Waals surface area contributed by atoms with Gasteiger partial charge in [-0.05, 0) is 56.4 Å². The number of hydrogen-bond donors (Lipinski definition) is 1. The molecule has 32 heavy (non-hydrogen) atoms. The van der Waals surface area contributed by atoms with Crippen LogP contribution in [0.1, 0.15) is 55.7 Å². The first-order valence-electron chi connectivity index (χ1n) is 11.1. The fraction of sp³-hybridized carbons (Fsp3) is 0.458. The maximum absolute atomic E-state index is 12.6. The minimum Gasteiger partial charge on any atom is -0.374 e. The van der Waals surface area contributed by atoms with E-state index in [4.69, 9.17) is 4.74 Å². The zero-order chi connectivity index (χ0) is 22.5. The predicted molar refractivity (Wildman–Crippen MR) is 123 cm³/mol. The molecule has 2 fully saturated rings. The highest BCUT2D eigenvalue weighted by molar-refractivity contribution is 7.90. The smallest absolute Gasteiger partial charge is 0.177 e. The molecule has 5 rings (SSSR count). The fourth-order valence-electron chi connectivity index (χ4n) is 4.42. The van der Waals surface area contributed by atoms with Crippen LogP contribution >= 0.6 is 0 Å². The van der Waals surface area contributed by atoms with Crippen molar-refractivity contribution in [2.75, 3.05) is 18.2 Å². The van der Waals surface area contributed by atoms with E-state index < -0.39 is 9.84 Å².